The second-order valence-corrected chi connectivity index (χ2v) is 9.23. The number of fused-ring (bicyclic) bond motifs is 2. The van der Waals surface area contributed by atoms with Crippen molar-refractivity contribution in [2.24, 2.45) is 23.2 Å². The highest BCUT2D eigenvalue weighted by molar-refractivity contribution is 7.80. The quantitative estimate of drug-likeness (QED) is 0.480. The van der Waals surface area contributed by atoms with Gasteiger partial charge in [-0.1, -0.05) is 19.9 Å². The molecule has 0 spiro atoms. The molecule has 7 heteroatoms. The van der Waals surface area contributed by atoms with Gasteiger partial charge in [-0.3, -0.25) is 4.79 Å². The summed E-state index contributed by atoms with van der Waals surface area (Å²) in [6.07, 6.45) is 2.81. The first-order chi connectivity index (χ1) is 14.3. The number of thiocarbonyl (C=S) groups is 1. The van der Waals surface area contributed by atoms with Gasteiger partial charge in [0, 0.05) is 12.6 Å². The summed E-state index contributed by atoms with van der Waals surface area (Å²) in [7, 11) is 3.26. The summed E-state index contributed by atoms with van der Waals surface area (Å²) in [6.45, 7) is 7.56. The van der Waals surface area contributed by atoms with E-state index in [4.69, 9.17) is 26.4 Å². The highest BCUT2D eigenvalue weighted by Gasteiger charge is 2.59. The summed E-state index contributed by atoms with van der Waals surface area (Å²) in [5.41, 5.74) is 1.36. The Kier molecular flexibility index (Phi) is 7.11. The van der Waals surface area contributed by atoms with E-state index >= 15 is 0 Å². The number of nitrogens with one attached hydrogen (secondary N) is 2. The van der Waals surface area contributed by atoms with E-state index in [1.807, 2.05) is 25.1 Å². The summed E-state index contributed by atoms with van der Waals surface area (Å²) in [5, 5.41) is 7.34. The Hall–Kier alpha value is -2.02. The molecule has 2 bridgehead atoms. The van der Waals surface area contributed by atoms with Crippen molar-refractivity contribution in [3.05, 3.63) is 23.8 Å². The summed E-state index contributed by atoms with van der Waals surface area (Å²) < 4.78 is 16.0. The predicted octanol–water partition coefficient (Wildman–Crippen LogP) is 3.32. The van der Waals surface area contributed by atoms with Gasteiger partial charge in [-0.05, 0) is 73.4 Å². The molecule has 4 rings (SSSR count). The van der Waals surface area contributed by atoms with Crippen molar-refractivity contribution in [3.8, 4) is 11.5 Å². The second-order valence-electron chi connectivity index (χ2n) is 8.82. The maximum Gasteiger partial charge on any atom is 0.311 e. The summed E-state index contributed by atoms with van der Waals surface area (Å²) >= 11 is 5.57. The van der Waals surface area contributed by atoms with Crippen molar-refractivity contribution in [3.63, 3.8) is 0 Å². The molecule has 6 nitrogen and oxygen atoms in total. The van der Waals surface area contributed by atoms with E-state index in [0.29, 0.717) is 30.1 Å². The molecule has 0 unspecified atom stereocenters. The lowest BCUT2D eigenvalue weighted by Gasteiger charge is -2.62. The first kappa shape index (κ1) is 22.7. The summed E-state index contributed by atoms with van der Waals surface area (Å²) in [4.78, 5) is 12.5. The Balaban J connectivity index is 1.56. The van der Waals surface area contributed by atoms with Gasteiger partial charge in [0.15, 0.2) is 16.6 Å². The smallest absolute Gasteiger partial charge is 0.311 e. The highest BCUT2D eigenvalue weighted by atomic mass is 32.1. The average molecular weight is 435 g/mol. The van der Waals surface area contributed by atoms with Gasteiger partial charge in [0.2, 0.25) is 0 Å². The van der Waals surface area contributed by atoms with Gasteiger partial charge in [0.1, 0.15) is 0 Å². The molecule has 1 aromatic rings. The van der Waals surface area contributed by atoms with E-state index < -0.39 is 0 Å². The third kappa shape index (κ3) is 4.51. The number of ether oxygens (including phenoxy) is 3. The summed E-state index contributed by atoms with van der Waals surface area (Å²) in [6, 6.07) is 5.93. The van der Waals surface area contributed by atoms with E-state index in [9.17, 15) is 4.79 Å². The number of carbonyl (C=O) groups excluding carboxylic acids is 1. The van der Waals surface area contributed by atoms with Gasteiger partial charge in [-0.15, -0.1) is 0 Å². The Bertz CT molecular complexity index is 782. The Morgan fingerprint density at radius 1 is 1.20 bits per heavy atom. The minimum atomic E-state index is -0.132. The van der Waals surface area contributed by atoms with E-state index in [-0.39, 0.29) is 23.3 Å². The van der Waals surface area contributed by atoms with Crippen LogP contribution in [-0.4, -0.2) is 44.5 Å². The van der Waals surface area contributed by atoms with E-state index in [1.165, 1.54) is 0 Å². The van der Waals surface area contributed by atoms with Crippen molar-refractivity contribution in [2.75, 3.05) is 27.4 Å². The molecule has 2 N–H and O–H groups in total. The third-order valence-electron chi connectivity index (χ3n) is 6.99. The molecule has 3 saturated carbocycles. The van der Waals surface area contributed by atoms with Crippen LogP contribution in [0.5, 0.6) is 11.5 Å². The van der Waals surface area contributed by atoms with Crippen molar-refractivity contribution in [1.29, 1.82) is 0 Å². The van der Waals surface area contributed by atoms with Crippen molar-refractivity contribution >= 4 is 23.3 Å². The Morgan fingerprint density at radius 2 is 1.93 bits per heavy atom. The van der Waals surface area contributed by atoms with Gasteiger partial charge >= 0.3 is 5.97 Å². The van der Waals surface area contributed by atoms with Gasteiger partial charge < -0.3 is 24.8 Å². The topological polar surface area (TPSA) is 68.8 Å². The minimum Gasteiger partial charge on any atom is -0.493 e. The molecule has 0 amide bonds. The number of hydrogen-bond donors (Lipinski definition) is 2. The van der Waals surface area contributed by atoms with Crippen LogP contribution in [0.15, 0.2) is 18.2 Å². The molecule has 4 atom stereocenters. The lowest BCUT2D eigenvalue weighted by atomic mass is 9.45. The molecule has 1 aromatic carbocycles. The lowest BCUT2D eigenvalue weighted by Crippen LogP contribution is -2.65. The fraction of sp³-hybridized carbons (Fsp3) is 0.652. The predicted molar refractivity (Wildman–Crippen MR) is 121 cm³/mol. The zero-order chi connectivity index (χ0) is 21.9. The van der Waals surface area contributed by atoms with E-state index in [2.05, 4.69) is 24.5 Å². The van der Waals surface area contributed by atoms with Crippen molar-refractivity contribution in [1.82, 2.24) is 10.6 Å². The Morgan fingerprint density at radius 3 is 2.57 bits per heavy atom. The average Bonchev–Trinajstić information content (AvgIpc) is 2.73. The van der Waals surface area contributed by atoms with Crippen LogP contribution >= 0.6 is 12.2 Å². The number of carbonyl (C=O) groups is 1. The first-order valence-corrected chi connectivity index (χ1v) is 11.1. The number of benzene rings is 1. The van der Waals surface area contributed by atoms with Gasteiger partial charge in [-0.25, -0.2) is 0 Å². The third-order valence-corrected chi connectivity index (χ3v) is 7.25. The maximum atomic E-state index is 12.5. The molecule has 0 aliphatic heterocycles. The molecule has 0 saturated heterocycles. The molecule has 30 heavy (non-hydrogen) atoms. The molecular weight excluding hydrogens is 400 g/mol. The van der Waals surface area contributed by atoms with E-state index in [1.54, 1.807) is 14.2 Å². The molecule has 0 heterocycles. The standard InChI is InChI=1S/C23H34N2O4S/c1-6-29-21(26)16-12-15-13-17(23(15,2)3)20(16)25-22(30)24-10-9-14-7-8-18(27-4)19(11-14)28-5/h7-8,11,15-17,20H,6,9-10,12-13H2,1-5H3,(H2,24,25,30)/t15-,16+,17-,20-/m0/s1. The number of rotatable bonds is 8. The first-order valence-electron chi connectivity index (χ1n) is 10.7. The lowest BCUT2D eigenvalue weighted by molar-refractivity contribution is -0.166. The molecule has 0 aromatic heterocycles. The molecule has 3 aliphatic rings. The largest absolute Gasteiger partial charge is 0.493 e. The number of methoxy groups -OCH3 is 2. The zero-order valence-corrected chi connectivity index (χ0v) is 19.4. The van der Waals surface area contributed by atoms with Gasteiger partial charge in [0.05, 0.1) is 26.7 Å². The zero-order valence-electron chi connectivity index (χ0n) is 18.6. The normalized spacial score (nSPS) is 26.2. The van der Waals surface area contributed by atoms with Crippen LogP contribution < -0.4 is 20.1 Å². The molecule has 166 valence electrons. The molecule has 3 fully saturated rings. The fourth-order valence-electron chi connectivity index (χ4n) is 5.05. The SMILES string of the molecule is CCOC(=O)[C@@H]1C[C@H]2C[C@@H]([C@H]1NC(=S)NCCc1ccc(OC)c(OC)c1)C2(C)C. The fourth-order valence-corrected chi connectivity index (χ4v) is 5.29. The van der Waals surface area contributed by atoms with Crippen LogP contribution in [0.4, 0.5) is 0 Å². The minimum absolute atomic E-state index is 0.0186. The monoisotopic (exact) mass is 434 g/mol. The van der Waals surface area contributed by atoms with Crippen LogP contribution in [0.3, 0.4) is 0 Å². The van der Waals surface area contributed by atoms with Crippen LogP contribution in [0.25, 0.3) is 0 Å². The Labute approximate surface area is 185 Å². The molecule has 0 radical (unpaired) electrons. The summed E-state index contributed by atoms with van der Waals surface area (Å²) in [5.74, 6) is 2.21. The van der Waals surface area contributed by atoms with Crippen molar-refractivity contribution < 1.29 is 19.0 Å². The molecule has 3 aliphatic carbocycles. The van der Waals surface area contributed by atoms with Crippen molar-refractivity contribution in [2.45, 2.75) is 46.1 Å². The highest BCUT2D eigenvalue weighted by Crippen LogP contribution is 2.60. The maximum absolute atomic E-state index is 12.5. The van der Waals surface area contributed by atoms with Crippen LogP contribution in [0.2, 0.25) is 0 Å². The number of hydrogen-bond acceptors (Lipinski definition) is 5. The molecular formula is C23H34N2O4S. The van der Waals surface area contributed by atoms with Crippen LogP contribution in [0.1, 0.15) is 39.2 Å². The van der Waals surface area contributed by atoms with Crippen LogP contribution in [-0.2, 0) is 16.0 Å². The van der Waals surface area contributed by atoms with E-state index in [0.717, 1.165) is 36.3 Å². The van der Waals surface area contributed by atoms with Gasteiger partial charge in [-0.2, -0.15) is 0 Å². The number of esters is 1. The van der Waals surface area contributed by atoms with Crippen LogP contribution in [0, 0.1) is 23.2 Å². The second kappa shape index (κ2) is 9.41. The van der Waals surface area contributed by atoms with Gasteiger partial charge in [0.25, 0.3) is 0 Å².